The van der Waals surface area contributed by atoms with E-state index in [-0.39, 0.29) is 11.8 Å². The fraction of sp³-hybridized carbons (Fsp3) is 0.882. The van der Waals surface area contributed by atoms with Crippen LogP contribution in [0.25, 0.3) is 0 Å². The average Bonchev–Trinajstić information content (AvgIpc) is 2.48. The maximum Gasteiger partial charge on any atom is 0.303 e. The Hall–Kier alpha value is -1.04. The first-order valence-electron chi connectivity index (χ1n) is 8.27. The van der Waals surface area contributed by atoms with Gasteiger partial charge in [0.15, 0.2) is 0 Å². The molecule has 1 atom stereocenters. The second kappa shape index (κ2) is 9.00. The van der Waals surface area contributed by atoms with Crippen LogP contribution < -0.4 is 0 Å². The van der Waals surface area contributed by atoms with E-state index in [2.05, 4.69) is 13.0 Å². The van der Waals surface area contributed by atoms with E-state index in [1.807, 2.05) is 0 Å². The zero-order valence-electron chi connectivity index (χ0n) is 12.9. The van der Waals surface area contributed by atoms with Crippen molar-refractivity contribution in [1.29, 1.82) is 5.26 Å². The number of hydrogen-bond acceptors (Lipinski definition) is 2. The van der Waals surface area contributed by atoms with Crippen LogP contribution >= 0.6 is 0 Å². The smallest absolute Gasteiger partial charge is 0.303 e. The van der Waals surface area contributed by atoms with E-state index in [1.165, 1.54) is 32.1 Å². The predicted octanol–water partition coefficient (Wildman–Crippen LogP) is 4.91. The average molecular weight is 279 g/mol. The van der Waals surface area contributed by atoms with Gasteiger partial charge < -0.3 is 5.11 Å². The second-order valence-corrected chi connectivity index (χ2v) is 6.31. The van der Waals surface area contributed by atoms with E-state index in [0.717, 1.165) is 32.1 Å². The first-order valence-corrected chi connectivity index (χ1v) is 8.27. The molecule has 0 amide bonds. The maximum absolute atomic E-state index is 10.6. The van der Waals surface area contributed by atoms with E-state index < -0.39 is 5.97 Å². The van der Waals surface area contributed by atoms with Gasteiger partial charge in [0, 0.05) is 6.42 Å². The van der Waals surface area contributed by atoms with Crippen LogP contribution in [0.1, 0.15) is 84.0 Å². The number of carbonyl (C=O) groups is 1. The van der Waals surface area contributed by atoms with Crippen LogP contribution in [0.3, 0.4) is 0 Å². The Kier molecular flexibility index (Phi) is 7.65. The van der Waals surface area contributed by atoms with E-state index in [9.17, 15) is 10.1 Å². The van der Waals surface area contributed by atoms with Crippen molar-refractivity contribution in [2.75, 3.05) is 0 Å². The normalized spacial score (nSPS) is 19.2. The van der Waals surface area contributed by atoms with Gasteiger partial charge in [-0.15, -0.1) is 0 Å². The molecule has 114 valence electrons. The summed E-state index contributed by atoms with van der Waals surface area (Å²) >= 11 is 0. The molecule has 1 saturated carbocycles. The zero-order chi connectivity index (χ0) is 14.8. The van der Waals surface area contributed by atoms with Crippen molar-refractivity contribution >= 4 is 5.97 Å². The third kappa shape index (κ3) is 5.15. The summed E-state index contributed by atoms with van der Waals surface area (Å²) in [5, 5.41) is 18.5. The predicted molar refractivity (Wildman–Crippen MR) is 80.2 cm³/mol. The lowest BCUT2D eigenvalue weighted by atomic mass is 9.64. The number of nitrogens with zero attached hydrogens (tertiary/aromatic N) is 1. The highest BCUT2D eigenvalue weighted by molar-refractivity contribution is 5.66. The third-order valence-electron chi connectivity index (χ3n) is 4.85. The maximum atomic E-state index is 10.6. The Morgan fingerprint density at radius 3 is 2.40 bits per heavy atom. The summed E-state index contributed by atoms with van der Waals surface area (Å²) in [6, 6.07) is 2.66. The number of unbranched alkanes of at least 4 members (excludes halogenated alkanes) is 2. The first kappa shape index (κ1) is 17.0. The van der Waals surface area contributed by atoms with E-state index in [4.69, 9.17) is 5.11 Å². The largest absolute Gasteiger partial charge is 0.481 e. The van der Waals surface area contributed by atoms with Crippen molar-refractivity contribution in [2.24, 2.45) is 11.3 Å². The van der Waals surface area contributed by atoms with Gasteiger partial charge in [0.2, 0.25) is 0 Å². The molecule has 1 aliphatic carbocycles. The van der Waals surface area contributed by atoms with Crippen molar-refractivity contribution in [1.82, 2.24) is 0 Å². The van der Waals surface area contributed by atoms with Crippen LogP contribution in [0.15, 0.2) is 0 Å². The molecule has 0 aromatic carbocycles. The summed E-state index contributed by atoms with van der Waals surface area (Å²) in [5.74, 6) is -0.184. The SMILES string of the molecule is CCCCC(C#N)(CCCCC(=O)O)C1CCCCC1. The monoisotopic (exact) mass is 279 g/mol. The van der Waals surface area contributed by atoms with Crippen molar-refractivity contribution in [2.45, 2.75) is 84.0 Å². The van der Waals surface area contributed by atoms with E-state index in [0.29, 0.717) is 12.3 Å². The van der Waals surface area contributed by atoms with Crippen molar-refractivity contribution in [3.05, 3.63) is 0 Å². The fourth-order valence-corrected chi connectivity index (χ4v) is 3.60. The number of aliphatic carboxylic acids is 1. The number of nitriles is 1. The van der Waals surface area contributed by atoms with Gasteiger partial charge in [-0.2, -0.15) is 5.26 Å². The van der Waals surface area contributed by atoms with Gasteiger partial charge in [-0.3, -0.25) is 4.79 Å². The number of carboxylic acids is 1. The Morgan fingerprint density at radius 1 is 1.20 bits per heavy atom. The molecular formula is C17H29NO2. The molecule has 3 heteroatoms. The molecule has 1 aliphatic rings. The molecule has 0 aromatic rings. The second-order valence-electron chi connectivity index (χ2n) is 6.31. The number of rotatable bonds is 9. The molecule has 0 saturated heterocycles. The molecule has 1 fully saturated rings. The van der Waals surface area contributed by atoms with Crippen LogP contribution in [-0.2, 0) is 4.79 Å². The summed E-state index contributed by atoms with van der Waals surface area (Å²) in [5.41, 5.74) is -0.186. The lowest BCUT2D eigenvalue weighted by molar-refractivity contribution is -0.137. The molecule has 0 aromatic heterocycles. The molecule has 0 spiro atoms. The Balaban J connectivity index is 2.61. The topological polar surface area (TPSA) is 61.1 Å². The van der Waals surface area contributed by atoms with Crippen molar-refractivity contribution < 1.29 is 9.90 Å². The summed E-state index contributed by atoms with van der Waals surface area (Å²) in [7, 11) is 0. The number of hydrogen-bond donors (Lipinski definition) is 1. The minimum Gasteiger partial charge on any atom is -0.481 e. The van der Waals surface area contributed by atoms with Gasteiger partial charge in [0.25, 0.3) is 0 Å². The molecule has 0 bridgehead atoms. The lowest BCUT2D eigenvalue weighted by Gasteiger charge is -2.38. The Bertz CT molecular complexity index is 328. The van der Waals surface area contributed by atoms with E-state index in [1.54, 1.807) is 0 Å². The summed E-state index contributed by atoms with van der Waals surface area (Å²) in [6.45, 7) is 2.17. The zero-order valence-corrected chi connectivity index (χ0v) is 12.9. The van der Waals surface area contributed by atoms with Gasteiger partial charge in [-0.05, 0) is 38.0 Å². The van der Waals surface area contributed by atoms with Crippen LogP contribution in [-0.4, -0.2) is 11.1 Å². The third-order valence-corrected chi connectivity index (χ3v) is 4.85. The van der Waals surface area contributed by atoms with Gasteiger partial charge in [-0.25, -0.2) is 0 Å². The van der Waals surface area contributed by atoms with Gasteiger partial charge in [0.1, 0.15) is 0 Å². The van der Waals surface area contributed by atoms with Crippen LogP contribution in [0.2, 0.25) is 0 Å². The highest BCUT2D eigenvalue weighted by atomic mass is 16.4. The molecule has 1 N–H and O–H groups in total. The Morgan fingerprint density at radius 2 is 1.85 bits per heavy atom. The molecule has 0 heterocycles. The standard InChI is InChI=1S/C17H29NO2/c1-2-3-12-17(14-18,13-8-7-11-16(19)20)15-9-5-4-6-10-15/h15H,2-13H2,1H3,(H,19,20). The van der Waals surface area contributed by atoms with Crippen molar-refractivity contribution in [3.63, 3.8) is 0 Å². The van der Waals surface area contributed by atoms with Gasteiger partial charge >= 0.3 is 5.97 Å². The molecule has 1 unspecified atom stereocenters. The molecule has 20 heavy (non-hydrogen) atoms. The quantitative estimate of drug-likeness (QED) is 0.610. The summed E-state index contributed by atoms with van der Waals surface area (Å²) in [6.07, 6.45) is 12.2. The molecular weight excluding hydrogens is 250 g/mol. The Labute approximate surface area is 123 Å². The van der Waals surface area contributed by atoms with Crippen LogP contribution in [0, 0.1) is 22.7 Å². The van der Waals surface area contributed by atoms with Crippen LogP contribution in [0.5, 0.6) is 0 Å². The van der Waals surface area contributed by atoms with Crippen LogP contribution in [0.4, 0.5) is 0 Å². The highest BCUT2D eigenvalue weighted by Gasteiger charge is 2.38. The molecule has 3 nitrogen and oxygen atoms in total. The van der Waals surface area contributed by atoms with E-state index >= 15 is 0 Å². The lowest BCUT2D eigenvalue weighted by Crippen LogP contribution is -2.31. The molecule has 0 radical (unpaired) electrons. The van der Waals surface area contributed by atoms with Crippen molar-refractivity contribution in [3.8, 4) is 6.07 Å². The van der Waals surface area contributed by atoms with Gasteiger partial charge in [-0.1, -0.05) is 45.4 Å². The minimum absolute atomic E-state index is 0.186. The highest BCUT2D eigenvalue weighted by Crippen LogP contribution is 2.45. The van der Waals surface area contributed by atoms with Gasteiger partial charge in [0.05, 0.1) is 11.5 Å². The molecule has 0 aliphatic heterocycles. The summed E-state index contributed by atoms with van der Waals surface area (Å²) in [4.78, 5) is 10.6. The minimum atomic E-state index is -0.723. The summed E-state index contributed by atoms with van der Waals surface area (Å²) < 4.78 is 0. The fourth-order valence-electron chi connectivity index (χ4n) is 3.60. The molecule has 1 rings (SSSR count). The number of carboxylic acid groups (broad SMARTS) is 1. The first-order chi connectivity index (χ1) is 9.64.